The van der Waals surface area contributed by atoms with E-state index >= 15 is 0 Å². The fraction of sp³-hybridized carbons (Fsp3) is 0.429. The van der Waals surface area contributed by atoms with E-state index in [9.17, 15) is 14.0 Å². The van der Waals surface area contributed by atoms with Crippen molar-refractivity contribution in [1.82, 2.24) is 0 Å². The van der Waals surface area contributed by atoms with Crippen LogP contribution in [0, 0.1) is 17.7 Å². The van der Waals surface area contributed by atoms with E-state index in [4.69, 9.17) is 9.84 Å². The molecule has 0 bridgehead atoms. The van der Waals surface area contributed by atoms with Crippen molar-refractivity contribution in [3.8, 4) is 5.75 Å². The van der Waals surface area contributed by atoms with Gasteiger partial charge in [-0.05, 0) is 12.1 Å². The summed E-state index contributed by atoms with van der Waals surface area (Å²) in [6.07, 6.45) is 0.303. The second-order valence-electron chi connectivity index (χ2n) is 4.98. The van der Waals surface area contributed by atoms with Crippen LogP contribution < -0.4 is 4.74 Å². The van der Waals surface area contributed by atoms with Crippen molar-refractivity contribution in [2.75, 3.05) is 6.61 Å². The lowest BCUT2D eigenvalue weighted by Gasteiger charge is -2.19. The minimum Gasteiger partial charge on any atom is -0.492 e. The van der Waals surface area contributed by atoms with Gasteiger partial charge in [0.1, 0.15) is 11.6 Å². The molecule has 0 amide bonds. The van der Waals surface area contributed by atoms with Crippen LogP contribution >= 0.6 is 0 Å². The van der Waals surface area contributed by atoms with Gasteiger partial charge in [0.25, 0.3) is 0 Å². The maximum absolute atomic E-state index is 13.9. The Kier molecular flexibility index (Phi) is 2.59. The number of halogens is 1. The summed E-state index contributed by atoms with van der Waals surface area (Å²) >= 11 is 0. The molecule has 0 aromatic heterocycles. The molecule has 2 aliphatic rings. The standard InChI is InChI=1S/C14H13FO4/c1-2-9(16)6-3-4-8(15)12-10-7(5-19-13(6)12)11(10)14(17)18/h3-4,7,10-11H,2,5H2,1H3,(H,17,18)/t7-,10+,11?/m0/s1. The summed E-state index contributed by atoms with van der Waals surface area (Å²) in [6, 6.07) is 2.64. The van der Waals surface area contributed by atoms with Gasteiger partial charge in [-0.1, -0.05) is 6.92 Å². The predicted octanol–water partition coefficient (Wildman–Crippen LogP) is 2.22. The highest BCUT2D eigenvalue weighted by atomic mass is 19.1. The molecule has 1 unspecified atom stereocenters. The highest BCUT2D eigenvalue weighted by molar-refractivity contribution is 5.99. The van der Waals surface area contributed by atoms with Gasteiger partial charge in [0.15, 0.2) is 5.78 Å². The number of carboxylic acid groups (broad SMARTS) is 1. The third kappa shape index (κ3) is 1.64. The zero-order chi connectivity index (χ0) is 13.7. The van der Waals surface area contributed by atoms with Gasteiger partial charge in [0.05, 0.1) is 18.1 Å². The van der Waals surface area contributed by atoms with E-state index in [1.165, 1.54) is 12.1 Å². The number of hydrogen-bond donors (Lipinski definition) is 1. The monoisotopic (exact) mass is 264 g/mol. The van der Waals surface area contributed by atoms with Gasteiger partial charge in [0.2, 0.25) is 0 Å². The highest BCUT2D eigenvalue weighted by Gasteiger charge is 2.60. The van der Waals surface area contributed by atoms with Crippen LogP contribution in [-0.2, 0) is 4.79 Å². The quantitative estimate of drug-likeness (QED) is 0.850. The molecule has 1 heterocycles. The fourth-order valence-electron chi connectivity index (χ4n) is 2.94. The first kappa shape index (κ1) is 12.1. The van der Waals surface area contributed by atoms with Crippen LogP contribution in [-0.4, -0.2) is 23.5 Å². The topological polar surface area (TPSA) is 63.6 Å². The Morgan fingerprint density at radius 2 is 2.21 bits per heavy atom. The number of carbonyl (C=O) groups excluding carboxylic acids is 1. The number of ether oxygens (including phenoxy) is 1. The molecule has 5 heteroatoms. The first-order valence-corrected chi connectivity index (χ1v) is 6.27. The summed E-state index contributed by atoms with van der Waals surface area (Å²) in [5.74, 6) is -2.42. The summed E-state index contributed by atoms with van der Waals surface area (Å²) in [4.78, 5) is 22.9. The van der Waals surface area contributed by atoms with Gasteiger partial charge in [0, 0.05) is 23.8 Å². The molecule has 1 aliphatic carbocycles. The lowest BCUT2D eigenvalue weighted by atomic mass is 9.97. The van der Waals surface area contributed by atoms with E-state index in [0.29, 0.717) is 12.0 Å². The number of ketones is 1. The van der Waals surface area contributed by atoms with E-state index < -0.39 is 17.7 Å². The van der Waals surface area contributed by atoms with Crippen molar-refractivity contribution in [3.05, 3.63) is 29.1 Å². The highest BCUT2D eigenvalue weighted by Crippen LogP contribution is 2.60. The van der Waals surface area contributed by atoms with E-state index in [-0.39, 0.29) is 35.5 Å². The number of Topliss-reactive ketones (excluding diaryl/α,β-unsaturated/α-hetero) is 1. The molecular weight excluding hydrogens is 251 g/mol. The zero-order valence-corrected chi connectivity index (χ0v) is 10.4. The maximum Gasteiger partial charge on any atom is 0.307 e. The molecule has 3 rings (SSSR count). The molecular formula is C14H13FO4. The Morgan fingerprint density at radius 1 is 1.47 bits per heavy atom. The zero-order valence-electron chi connectivity index (χ0n) is 10.4. The second-order valence-corrected chi connectivity index (χ2v) is 4.98. The summed E-state index contributed by atoms with van der Waals surface area (Å²) in [6.45, 7) is 1.96. The Morgan fingerprint density at radius 3 is 2.84 bits per heavy atom. The van der Waals surface area contributed by atoms with Crippen molar-refractivity contribution >= 4 is 11.8 Å². The number of carbonyl (C=O) groups is 2. The van der Waals surface area contributed by atoms with Crippen LogP contribution in [0.15, 0.2) is 12.1 Å². The van der Waals surface area contributed by atoms with E-state index in [1.54, 1.807) is 6.92 Å². The minimum atomic E-state index is -0.932. The molecule has 0 radical (unpaired) electrons. The van der Waals surface area contributed by atoms with Gasteiger partial charge in [-0.25, -0.2) is 4.39 Å². The lowest BCUT2D eigenvalue weighted by molar-refractivity contribution is -0.139. The molecule has 100 valence electrons. The summed E-state index contributed by atoms with van der Waals surface area (Å²) in [5.41, 5.74) is 0.622. The molecule has 1 aromatic rings. The number of aliphatic carboxylic acids is 1. The van der Waals surface area contributed by atoms with Crippen molar-refractivity contribution in [1.29, 1.82) is 0 Å². The predicted molar refractivity (Wildman–Crippen MR) is 63.9 cm³/mol. The fourth-order valence-corrected chi connectivity index (χ4v) is 2.94. The van der Waals surface area contributed by atoms with Gasteiger partial charge < -0.3 is 9.84 Å². The SMILES string of the molecule is CCC(=O)c1ccc(F)c2c1OC[C@@H]1C(C(=O)O)[C@H]21. The number of benzene rings is 1. The molecule has 1 N–H and O–H groups in total. The first-order valence-electron chi connectivity index (χ1n) is 6.27. The normalized spacial score (nSPS) is 26.9. The Labute approximate surface area is 109 Å². The number of rotatable bonds is 3. The summed E-state index contributed by atoms with van der Waals surface area (Å²) in [7, 11) is 0. The van der Waals surface area contributed by atoms with E-state index in [2.05, 4.69) is 0 Å². The van der Waals surface area contributed by atoms with E-state index in [0.717, 1.165) is 0 Å². The van der Waals surface area contributed by atoms with Crippen LogP contribution in [0.1, 0.15) is 35.2 Å². The van der Waals surface area contributed by atoms with Gasteiger partial charge in [-0.15, -0.1) is 0 Å². The van der Waals surface area contributed by atoms with Crippen LogP contribution in [0.3, 0.4) is 0 Å². The van der Waals surface area contributed by atoms with Crippen LogP contribution in [0.25, 0.3) is 0 Å². The van der Waals surface area contributed by atoms with Gasteiger partial charge in [-0.2, -0.15) is 0 Å². The molecule has 1 fully saturated rings. The molecule has 1 saturated carbocycles. The maximum atomic E-state index is 13.9. The van der Waals surface area contributed by atoms with Crippen LogP contribution in [0.5, 0.6) is 5.75 Å². The van der Waals surface area contributed by atoms with Gasteiger partial charge in [-0.3, -0.25) is 9.59 Å². The third-order valence-corrected chi connectivity index (χ3v) is 3.97. The van der Waals surface area contributed by atoms with Crippen molar-refractivity contribution in [2.45, 2.75) is 19.3 Å². The Hall–Kier alpha value is -1.91. The molecule has 3 atom stereocenters. The first-order chi connectivity index (χ1) is 9.06. The van der Waals surface area contributed by atoms with Crippen LogP contribution in [0.2, 0.25) is 0 Å². The largest absolute Gasteiger partial charge is 0.492 e. The average Bonchev–Trinajstić information content (AvgIpc) is 3.12. The molecule has 1 aliphatic heterocycles. The molecule has 1 aromatic carbocycles. The Balaban J connectivity index is 2.10. The molecule has 0 spiro atoms. The van der Waals surface area contributed by atoms with E-state index in [1.807, 2.05) is 0 Å². The van der Waals surface area contributed by atoms with Gasteiger partial charge >= 0.3 is 5.97 Å². The Bertz CT molecular complexity index is 581. The number of carboxylic acids is 1. The second kappa shape index (κ2) is 4.05. The molecule has 4 nitrogen and oxygen atoms in total. The van der Waals surface area contributed by atoms with Crippen molar-refractivity contribution in [2.24, 2.45) is 11.8 Å². The summed E-state index contributed by atoms with van der Waals surface area (Å²) < 4.78 is 19.4. The third-order valence-electron chi connectivity index (χ3n) is 3.97. The molecule has 19 heavy (non-hydrogen) atoms. The van der Waals surface area contributed by atoms with Crippen molar-refractivity contribution in [3.63, 3.8) is 0 Å². The van der Waals surface area contributed by atoms with Crippen LogP contribution in [0.4, 0.5) is 4.39 Å². The minimum absolute atomic E-state index is 0.123. The smallest absolute Gasteiger partial charge is 0.307 e. The lowest BCUT2D eigenvalue weighted by Crippen LogP contribution is -2.14. The molecule has 0 saturated heterocycles. The number of fused-ring (bicyclic) bond motifs is 3. The summed E-state index contributed by atoms with van der Waals surface area (Å²) in [5, 5.41) is 9.08. The average molecular weight is 264 g/mol. The number of hydrogen-bond acceptors (Lipinski definition) is 3. The van der Waals surface area contributed by atoms with Crippen molar-refractivity contribution < 1.29 is 23.8 Å².